The standard InChI is InChI=1S/C11H13N3O/c1-9-5-4-6-10(12-9)13-11(15)14-7-2-3-8-14/h2-6H,7-8H2,1H3,(H,12,13,15). The minimum absolute atomic E-state index is 0.0990. The first-order chi connectivity index (χ1) is 7.25. The molecule has 2 heterocycles. The maximum atomic E-state index is 11.7. The van der Waals surface area contributed by atoms with Crippen molar-refractivity contribution < 1.29 is 4.79 Å². The molecule has 4 heteroatoms. The van der Waals surface area contributed by atoms with E-state index >= 15 is 0 Å². The summed E-state index contributed by atoms with van der Waals surface area (Å²) in [6.07, 6.45) is 3.95. The number of pyridine rings is 1. The molecule has 0 unspecified atom stereocenters. The molecule has 4 nitrogen and oxygen atoms in total. The zero-order valence-corrected chi connectivity index (χ0v) is 8.60. The van der Waals surface area contributed by atoms with Gasteiger partial charge in [0, 0.05) is 18.8 Å². The Bertz CT molecular complexity index is 393. The van der Waals surface area contributed by atoms with E-state index in [0.717, 1.165) is 5.69 Å². The molecule has 0 bridgehead atoms. The van der Waals surface area contributed by atoms with Crippen molar-refractivity contribution in [1.29, 1.82) is 0 Å². The summed E-state index contributed by atoms with van der Waals surface area (Å²) in [6.45, 7) is 3.25. The monoisotopic (exact) mass is 203 g/mol. The van der Waals surface area contributed by atoms with E-state index < -0.39 is 0 Å². The molecule has 0 aromatic carbocycles. The number of urea groups is 1. The molecule has 2 rings (SSSR count). The van der Waals surface area contributed by atoms with Gasteiger partial charge in [0.2, 0.25) is 0 Å². The molecular weight excluding hydrogens is 190 g/mol. The summed E-state index contributed by atoms with van der Waals surface area (Å²) >= 11 is 0. The van der Waals surface area contributed by atoms with Gasteiger partial charge in [-0.1, -0.05) is 18.2 Å². The fourth-order valence-corrected chi connectivity index (χ4v) is 1.45. The third kappa shape index (κ3) is 2.34. The van der Waals surface area contributed by atoms with E-state index in [2.05, 4.69) is 10.3 Å². The van der Waals surface area contributed by atoms with Crippen molar-refractivity contribution in [1.82, 2.24) is 9.88 Å². The average molecular weight is 203 g/mol. The topological polar surface area (TPSA) is 45.2 Å². The van der Waals surface area contributed by atoms with Gasteiger partial charge in [0.05, 0.1) is 0 Å². The summed E-state index contributed by atoms with van der Waals surface area (Å²) in [6, 6.07) is 5.46. The molecule has 1 aliphatic rings. The summed E-state index contributed by atoms with van der Waals surface area (Å²) in [5.41, 5.74) is 0.896. The number of aryl methyl sites for hydroxylation is 1. The Morgan fingerprint density at radius 1 is 1.40 bits per heavy atom. The van der Waals surface area contributed by atoms with Crippen molar-refractivity contribution in [3.63, 3.8) is 0 Å². The number of carbonyl (C=O) groups is 1. The highest BCUT2D eigenvalue weighted by atomic mass is 16.2. The Labute approximate surface area is 88.6 Å². The van der Waals surface area contributed by atoms with Crippen LogP contribution in [0.25, 0.3) is 0 Å². The summed E-state index contributed by atoms with van der Waals surface area (Å²) in [4.78, 5) is 17.6. The van der Waals surface area contributed by atoms with Gasteiger partial charge in [0.15, 0.2) is 0 Å². The van der Waals surface area contributed by atoms with Crippen LogP contribution in [0.1, 0.15) is 5.69 Å². The lowest BCUT2D eigenvalue weighted by molar-refractivity contribution is 0.224. The lowest BCUT2D eigenvalue weighted by atomic mass is 10.4. The Balaban J connectivity index is 1.99. The van der Waals surface area contributed by atoms with E-state index in [1.807, 2.05) is 31.2 Å². The molecule has 0 spiro atoms. The molecule has 15 heavy (non-hydrogen) atoms. The summed E-state index contributed by atoms with van der Waals surface area (Å²) in [5.74, 6) is 0.604. The number of nitrogens with one attached hydrogen (secondary N) is 1. The van der Waals surface area contributed by atoms with Crippen molar-refractivity contribution in [3.05, 3.63) is 36.0 Å². The van der Waals surface area contributed by atoms with Crippen molar-refractivity contribution >= 4 is 11.8 Å². The number of hydrogen-bond donors (Lipinski definition) is 1. The highest BCUT2D eigenvalue weighted by Gasteiger charge is 2.14. The number of hydrogen-bond acceptors (Lipinski definition) is 2. The smallest absolute Gasteiger partial charge is 0.317 e. The van der Waals surface area contributed by atoms with Crippen LogP contribution in [0, 0.1) is 6.92 Å². The minimum Gasteiger partial charge on any atom is -0.317 e. The second kappa shape index (κ2) is 4.13. The number of rotatable bonds is 1. The van der Waals surface area contributed by atoms with Gasteiger partial charge in [-0.25, -0.2) is 9.78 Å². The van der Waals surface area contributed by atoms with Gasteiger partial charge in [-0.15, -0.1) is 0 Å². The second-order valence-corrected chi connectivity index (χ2v) is 3.47. The third-order valence-corrected chi connectivity index (χ3v) is 2.23. The van der Waals surface area contributed by atoms with Crippen LogP contribution in [0.3, 0.4) is 0 Å². The predicted molar refractivity (Wildman–Crippen MR) is 58.7 cm³/mol. The summed E-state index contributed by atoms with van der Waals surface area (Å²) in [5, 5.41) is 2.76. The summed E-state index contributed by atoms with van der Waals surface area (Å²) in [7, 11) is 0. The number of nitrogens with zero attached hydrogens (tertiary/aromatic N) is 2. The fraction of sp³-hybridized carbons (Fsp3) is 0.273. The number of anilines is 1. The zero-order chi connectivity index (χ0) is 10.7. The van der Waals surface area contributed by atoms with E-state index in [9.17, 15) is 4.79 Å². The van der Waals surface area contributed by atoms with Gasteiger partial charge in [-0.2, -0.15) is 0 Å². The van der Waals surface area contributed by atoms with E-state index in [0.29, 0.717) is 18.9 Å². The normalized spacial score (nSPS) is 14.3. The van der Waals surface area contributed by atoms with E-state index in [4.69, 9.17) is 0 Å². The first-order valence-corrected chi connectivity index (χ1v) is 4.90. The minimum atomic E-state index is -0.0990. The molecule has 1 N–H and O–H groups in total. The first kappa shape index (κ1) is 9.71. The Morgan fingerprint density at radius 2 is 2.13 bits per heavy atom. The molecule has 1 aliphatic heterocycles. The molecule has 0 saturated carbocycles. The molecular formula is C11H13N3O. The molecule has 1 aromatic heterocycles. The lowest BCUT2D eigenvalue weighted by Crippen LogP contribution is -2.32. The van der Waals surface area contributed by atoms with Gasteiger partial charge in [0.25, 0.3) is 0 Å². The molecule has 0 atom stereocenters. The highest BCUT2D eigenvalue weighted by molar-refractivity contribution is 5.88. The van der Waals surface area contributed by atoms with Crippen molar-refractivity contribution in [2.45, 2.75) is 6.92 Å². The molecule has 0 saturated heterocycles. The quantitative estimate of drug-likeness (QED) is 0.707. The van der Waals surface area contributed by atoms with Crippen LogP contribution in [0.15, 0.2) is 30.4 Å². The Morgan fingerprint density at radius 3 is 2.80 bits per heavy atom. The van der Waals surface area contributed by atoms with Crippen molar-refractivity contribution in [2.24, 2.45) is 0 Å². The second-order valence-electron chi connectivity index (χ2n) is 3.47. The van der Waals surface area contributed by atoms with E-state index in [1.54, 1.807) is 11.0 Å². The largest absolute Gasteiger partial charge is 0.323 e. The third-order valence-electron chi connectivity index (χ3n) is 2.23. The first-order valence-electron chi connectivity index (χ1n) is 4.90. The molecule has 2 amide bonds. The van der Waals surface area contributed by atoms with Crippen LogP contribution in [0.5, 0.6) is 0 Å². The summed E-state index contributed by atoms with van der Waals surface area (Å²) < 4.78 is 0. The van der Waals surface area contributed by atoms with Crippen LogP contribution < -0.4 is 5.32 Å². The van der Waals surface area contributed by atoms with Crippen LogP contribution in [0.2, 0.25) is 0 Å². The van der Waals surface area contributed by atoms with Gasteiger partial charge in [-0.05, 0) is 19.1 Å². The van der Waals surface area contributed by atoms with E-state index in [-0.39, 0.29) is 6.03 Å². The zero-order valence-electron chi connectivity index (χ0n) is 8.60. The van der Waals surface area contributed by atoms with Crippen molar-refractivity contribution in [3.8, 4) is 0 Å². The van der Waals surface area contributed by atoms with Crippen LogP contribution in [-0.2, 0) is 0 Å². The molecule has 1 aromatic rings. The lowest BCUT2D eigenvalue weighted by Gasteiger charge is -2.15. The van der Waals surface area contributed by atoms with Crippen LogP contribution in [-0.4, -0.2) is 29.0 Å². The van der Waals surface area contributed by atoms with Crippen LogP contribution in [0.4, 0.5) is 10.6 Å². The molecule has 0 fully saturated rings. The van der Waals surface area contributed by atoms with Gasteiger partial charge in [-0.3, -0.25) is 5.32 Å². The number of amides is 2. The average Bonchev–Trinajstić information content (AvgIpc) is 2.70. The SMILES string of the molecule is Cc1cccc(NC(=O)N2CC=CC2)n1. The van der Waals surface area contributed by atoms with Crippen molar-refractivity contribution in [2.75, 3.05) is 18.4 Å². The van der Waals surface area contributed by atoms with E-state index in [1.165, 1.54) is 0 Å². The van der Waals surface area contributed by atoms with Crippen LogP contribution >= 0.6 is 0 Å². The van der Waals surface area contributed by atoms with Gasteiger partial charge in [0.1, 0.15) is 5.82 Å². The highest BCUT2D eigenvalue weighted by Crippen LogP contribution is 2.07. The molecule has 0 aliphatic carbocycles. The molecule has 0 radical (unpaired) electrons. The molecule has 78 valence electrons. The number of aromatic nitrogens is 1. The predicted octanol–water partition coefficient (Wildman–Crippen LogP) is 1.79. The Hall–Kier alpha value is -1.84. The van der Waals surface area contributed by atoms with Gasteiger partial charge < -0.3 is 4.90 Å². The Kier molecular flexibility index (Phi) is 2.67. The van der Waals surface area contributed by atoms with Gasteiger partial charge >= 0.3 is 6.03 Å². The fourth-order valence-electron chi connectivity index (χ4n) is 1.45. The number of carbonyl (C=O) groups excluding carboxylic acids is 1. The maximum absolute atomic E-state index is 11.7. The maximum Gasteiger partial charge on any atom is 0.323 e.